The van der Waals surface area contributed by atoms with Gasteiger partial charge in [-0.2, -0.15) is 0 Å². The first kappa shape index (κ1) is 12.1. The van der Waals surface area contributed by atoms with Gasteiger partial charge >= 0.3 is 0 Å². The van der Waals surface area contributed by atoms with Crippen molar-refractivity contribution in [2.24, 2.45) is 5.92 Å². The van der Waals surface area contributed by atoms with E-state index in [-0.39, 0.29) is 5.41 Å². The monoisotopic (exact) mass is 228 g/mol. The number of fused-ring (bicyclic) bond motifs is 1. The van der Waals surface area contributed by atoms with Gasteiger partial charge in [-0.25, -0.2) is 0 Å². The summed E-state index contributed by atoms with van der Waals surface area (Å²) in [6.07, 6.45) is 8.97. The third-order valence-corrected chi connectivity index (χ3v) is 3.93. The van der Waals surface area contributed by atoms with Crippen LogP contribution >= 0.6 is 0 Å². The molecule has 0 unspecified atom stereocenters. The van der Waals surface area contributed by atoms with Crippen molar-refractivity contribution in [3.8, 4) is 0 Å². The van der Waals surface area contributed by atoms with E-state index >= 15 is 0 Å². The number of hydrogen-bond acceptors (Lipinski definition) is 1. The van der Waals surface area contributed by atoms with Gasteiger partial charge in [0.25, 0.3) is 0 Å². The van der Waals surface area contributed by atoms with Gasteiger partial charge < -0.3 is 4.79 Å². The predicted molar refractivity (Wildman–Crippen MR) is 71.9 cm³/mol. The highest BCUT2D eigenvalue weighted by Crippen LogP contribution is 2.40. The van der Waals surface area contributed by atoms with E-state index in [0.717, 1.165) is 12.7 Å². The lowest BCUT2D eigenvalue weighted by molar-refractivity contribution is -0.113. The molecular weight excluding hydrogens is 208 g/mol. The molecule has 2 atom stereocenters. The molecule has 1 aromatic carbocycles. The first-order chi connectivity index (χ1) is 8.22. The summed E-state index contributed by atoms with van der Waals surface area (Å²) in [7, 11) is 0. The summed E-state index contributed by atoms with van der Waals surface area (Å²) in [6, 6.07) is 8.23. The zero-order valence-corrected chi connectivity index (χ0v) is 10.6. The Balaban J connectivity index is 2.39. The second kappa shape index (κ2) is 4.87. The molecule has 90 valence electrons. The standard InChI is InChI=1S/C16H20O/c1-3-4-8-14-11-10-13-7-5-6-9-15(13)16(14,2)12-17/h5-7,9-12,14H,3-4,8H2,1-2H3/t14-,16-/m0/s1. The number of carbonyl (C=O) groups is 1. The van der Waals surface area contributed by atoms with Crippen LogP contribution in [0.4, 0.5) is 0 Å². The topological polar surface area (TPSA) is 17.1 Å². The molecule has 1 nitrogen and oxygen atoms in total. The molecule has 1 aromatic rings. The Bertz CT molecular complexity index is 433. The van der Waals surface area contributed by atoms with E-state index in [9.17, 15) is 4.79 Å². The third-order valence-electron chi connectivity index (χ3n) is 3.93. The van der Waals surface area contributed by atoms with E-state index in [2.05, 4.69) is 38.1 Å². The van der Waals surface area contributed by atoms with Crippen molar-refractivity contribution in [2.75, 3.05) is 0 Å². The molecule has 1 heteroatoms. The molecular formula is C16H20O. The van der Waals surface area contributed by atoms with E-state index < -0.39 is 0 Å². The van der Waals surface area contributed by atoms with Gasteiger partial charge in [-0.1, -0.05) is 56.2 Å². The van der Waals surface area contributed by atoms with Crippen molar-refractivity contribution >= 4 is 12.4 Å². The Morgan fingerprint density at radius 1 is 1.35 bits per heavy atom. The second-order valence-electron chi connectivity index (χ2n) is 5.10. The summed E-state index contributed by atoms with van der Waals surface area (Å²) in [5.41, 5.74) is 2.02. The third kappa shape index (κ3) is 2.06. The summed E-state index contributed by atoms with van der Waals surface area (Å²) < 4.78 is 0. The minimum absolute atomic E-state index is 0.342. The van der Waals surface area contributed by atoms with Crippen LogP contribution in [0.2, 0.25) is 0 Å². The van der Waals surface area contributed by atoms with Crippen LogP contribution in [-0.2, 0) is 10.2 Å². The number of allylic oxidation sites excluding steroid dienone is 1. The molecule has 0 N–H and O–H groups in total. The van der Waals surface area contributed by atoms with Crippen molar-refractivity contribution in [1.82, 2.24) is 0 Å². The van der Waals surface area contributed by atoms with Crippen LogP contribution in [0.15, 0.2) is 30.3 Å². The first-order valence-electron chi connectivity index (χ1n) is 6.46. The van der Waals surface area contributed by atoms with Crippen LogP contribution in [-0.4, -0.2) is 6.29 Å². The second-order valence-corrected chi connectivity index (χ2v) is 5.10. The smallest absolute Gasteiger partial charge is 0.130 e. The van der Waals surface area contributed by atoms with Crippen molar-refractivity contribution in [2.45, 2.75) is 38.5 Å². The lowest BCUT2D eigenvalue weighted by Gasteiger charge is -2.35. The maximum atomic E-state index is 11.6. The van der Waals surface area contributed by atoms with Gasteiger partial charge in [0.1, 0.15) is 6.29 Å². The number of benzene rings is 1. The first-order valence-corrected chi connectivity index (χ1v) is 6.46. The Morgan fingerprint density at radius 3 is 2.82 bits per heavy atom. The van der Waals surface area contributed by atoms with E-state index in [4.69, 9.17) is 0 Å². The van der Waals surface area contributed by atoms with Crippen LogP contribution in [0.5, 0.6) is 0 Å². The largest absolute Gasteiger partial charge is 0.302 e. The molecule has 17 heavy (non-hydrogen) atoms. The van der Waals surface area contributed by atoms with Crippen LogP contribution in [0, 0.1) is 5.92 Å². The summed E-state index contributed by atoms with van der Waals surface area (Å²) in [5, 5.41) is 0. The van der Waals surface area contributed by atoms with Gasteiger partial charge in [-0.15, -0.1) is 0 Å². The molecule has 0 saturated heterocycles. The van der Waals surface area contributed by atoms with Crippen LogP contribution in [0.1, 0.15) is 44.2 Å². The van der Waals surface area contributed by atoms with Gasteiger partial charge in [0.15, 0.2) is 0 Å². The SMILES string of the molecule is CCCC[C@H]1C=Cc2ccccc2[C@@]1(C)C=O. The average Bonchev–Trinajstić information content (AvgIpc) is 2.38. The normalized spacial score (nSPS) is 26.6. The lowest BCUT2D eigenvalue weighted by atomic mass is 9.67. The van der Waals surface area contributed by atoms with Gasteiger partial charge in [-0.05, 0) is 30.4 Å². The minimum atomic E-state index is -0.347. The molecule has 0 radical (unpaired) electrons. The highest BCUT2D eigenvalue weighted by atomic mass is 16.1. The highest BCUT2D eigenvalue weighted by Gasteiger charge is 2.37. The Kier molecular flexibility index (Phi) is 3.46. The van der Waals surface area contributed by atoms with Crippen molar-refractivity contribution < 1.29 is 4.79 Å². The van der Waals surface area contributed by atoms with Crippen molar-refractivity contribution in [3.05, 3.63) is 41.5 Å². The lowest BCUT2D eigenvalue weighted by Crippen LogP contribution is -2.35. The summed E-state index contributed by atoms with van der Waals surface area (Å²) >= 11 is 0. The molecule has 0 aromatic heterocycles. The minimum Gasteiger partial charge on any atom is -0.302 e. The van der Waals surface area contributed by atoms with Gasteiger partial charge in [0.2, 0.25) is 0 Å². The van der Waals surface area contributed by atoms with E-state index in [1.54, 1.807) is 0 Å². The maximum Gasteiger partial charge on any atom is 0.130 e. The van der Waals surface area contributed by atoms with Crippen molar-refractivity contribution in [3.63, 3.8) is 0 Å². The molecule has 0 amide bonds. The van der Waals surface area contributed by atoms with E-state index in [0.29, 0.717) is 5.92 Å². The average molecular weight is 228 g/mol. The van der Waals surface area contributed by atoms with Crippen LogP contribution in [0.25, 0.3) is 6.08 Å². The van der Waals surface area contributed by atoms with Gasteiger partial charge in [-0.3, -0.25) is 0 Å². The maximum absolute atomic E-state index is 11.6. The number of carbonyl (C=O) groups excluding carboxylic acids is 1. The number of aldehydes is 1. The molecule has 0 spiro atoms. The highest BCUT2D eigenvalue weighted by molar-refractivity contribution is 5.76. The van der Waals surface area contributed by atoms with Crippen LogP contribution in [0.3, 0.4) is 0 Å². The zero-order valence-electron chi connectivity index (χ0n) is 10.6. The quantitative estimate of drug-likeness (QED) is 0.712. The van der Waals surface area contributed by atoms with Gasteiger partial charge in [0.05, 0.1) is 5.41 Å². The predicted octanol–water partition coefficient (Wildman–Crippen LogP) is 3.98. The molecule has 1 aliphatic rings. The molecule has 2 rings (SSSR count). The molecule has 0 aliphatic heterocycles. The molecule has 0 heterocycles. The summed E-state index contributed by atoms with van der Waals surface area (Å²) in [5.74, 6) is 0.342. The Labute approximate surface area is 104 Å². The number of hydrogen-bond donors (Lipinski definition) is 0. The Hall–Kier alpha value is -1.37. The fourth-order valence-electron chi connectivity index (χ4n) is 2.72. The molecule has 1 aliphatic carbocycles. The van der Waals surface area contributed by atoms with Crippen molar-refractivity contribution in [1.29, 1.82) is 0 Å². The Morgan fingerprint density at radius 2 is 2.12 bits per heavy atom. The zero-order chi connectivity index (χ0) is 12.3. The van der Waals surface area contributed by atoms with E-state index in [1.807, 2.05) is 12.1 Å². The van der Waals surface area contributed by atoms with Crippen LogP contribution < -0.4 is 0 Å². The molecule has 0 bridgehead atoms. The fraction of sp³-hybridized carbons (Fsp3) is 0.438. The molecule has 0 saturated carbocycles. The van der Waals surface area contributed by atoms with Gasteiger partial charge in [0, 0.05) is 0 Å². The van der Waals surface area contributed by atoms with E-state index in [1.165, 1.54) is 24.0 Å². The number of rotatable bonds is 4. The summed E-state index contributed by atoms with van der Waals surface area (Å²) in [4.78, 5) is 11.6. The fourth-order valence-corrected chi connectivity index (χ4v) is 2.72. The molecule has 0 fully saturated rings. The number of unbranched alkanes of at least 4 members (excludes halogenated alkanes) is 1. The summed E-state index contributed by atoms with van der Waals surface area (Å²) in [6.45, 7) is 4.27.